The van der Waals surface area contributed by atoms with Gasteiger partial charge >= 0.3 is 0 Å². The molecule has 1 N–H and O–H groups in total. The summed E-state index contributed by atoms with van der Waals surface area (Å²) in [5.74, 6) is -0.0356. The number of hydrogen-bond acceptors (Lipinski definition) is 4. The molecule has 26 heavy (non-hydrogen) atoms. The zero-order valence-electron chi connectivity index (χ0n) is 14.3. The molecule has 0 atom stereocenters. The summed E-state index contributed by atoms with van der Waals surface area (Å²) in [4.78, 5) is 20.8. The average molecular weight is 362 g/mol. The fourth-order valence-corrected chi connectivity index (χ4v) is 3.69. The van der Waals surface area contributed by atoms with E-state index in [0.717, 1.165) is 16.8 Å². The van der Waals surface area contributed by atoms with Crippen LogP contribution in [0.2, 0.25) is 0 Å². The van der Waals surface area contributed by atoms with Crippen LogP contribution in [-0.4, -0.2) is 20.4 Å². The van der Waals surface area contributed by atoms with Crippen LogP contribution >= 0.6 is 11.3 Å². The number of rotatable bonds is 5. The van der Waals surface area contributed by atoms with Gasteiger partial charge in [-0.05, 0) is 36.8 Å². The van der Waals surface area contributed by atoms with Crippen LogP contribution in [0.4, 0.5) is 5.13 Å². The van der Waals surface area contributed by atoms with Crippen LogP contribution in [0.25, 0.3) is 22.2 Å². The maximum atomic E-state index is 12.3. The standard InChI is InChI=1S/C20H18N4OS/c1-14-4-2-6-18-16(14)7-10-24(18)11-8-19(25)23-20-22-17(13-26-20)15-5-3-9-21-12-15/h2-7,9-10,12-13H,8,11H2,1H3,(H,22,23,25). The molecule has 0 radical (unpaired) electrons. The third kappa shape index (κ3) is 3.36. The molecular weight excluding hydrogens is 344 g/mol. The van der Waals surface area contributed by atoms with Gasteiger partial charge in [-0.2, -0.15) is 0 Å². The average Bonchev–Trinajstić information content (AvgIpc) is 3.29. The molecule has 0 bridgehead atoms. The minimum atomic E-state index is -0.0356. The summed E-state index contributed by atoms with van der Waals surface area (Å²) in [5.41, 5.74) is 4.17. The van der Waals surface area contributed by atoms with Gasteiger partial charge in [0.25, 0.3) is 0 Å². The Balaban J connectivity index is 1.40. The number of hydrogen-bond donors (Lipinski definition) is 1. The van der Waals surface area contributed by atoms with Crippen LogP contribution in [-0.2, 0) is 11.3 Å². The van der Waals surface area contributed by atoms with Gasteiger partial charge in [0.15, 0.2) is 5.13 Å². The first-order chi connectivity index (χ1) is 12.7. The summed E-state index contributed by atoms with van der Waals surface area (Å²) in [5, 5.41) is 6.66. The fourth-order valence-electron chi connectivity index (χ4n) is 2.95. The van der Waals surface area contributed by atoms with E-state index in [1.807, 2.05) is 29.8 Å². The Kier molecular flexibility index (Phi) is 4.50. The van der Waals surface area contributed by atoms with Crippen LogP contribution in [0.3, 0.4) is 0 Å². The first kappa shape index (κ1) is 16.5. The number of carbonyl (C=O) groups excluding carboxylic acids is 1. The van der Waals surface area contributed by atoms with Crippen molar-refractivity contribution in [2.24, 2.45) is 0 Å². The molecule has 1 amide bonds. The normalized spacial score (nSPS) is 11.0. The van der Waals surface area contributed by atoms with E-state index < -0.39 is 0 Å². The van der Waals surface area contributed by atoms with E-state index in [9.17, 15) is 4.79 Å². The molecule has 0 aliphatic rings. The molecule has 0 aliphatic heterocycles. The fraction of sp³-hybridized carbons (Fsp3) is 0.150. The lowest BCUT2D eigenvalue weighted by molar-refractivity contribution is -0.116. The minimum absolute atomic E-state index is 0.0356. The summed E-state index contributed by atoms with van der Waals surface area (Å²) >= 11 is 1.42. The Bertz CT molecular complexity index is 1050. The smallest absolute Gasteiger partial charge is 0.227 e. The summed E-state index contributed by atoms with van der Waals surface area (Å²) < 4.78 is 2.12. The van der Waals surface area contributed by atoms with Crippen LogP contribution < -0.4 is 5.32 Å². The van der Waals surface area contributed by atoms with E-state index >= 15 is 0 Å². The number of fused-ring (bicyclic) bond motifs is 1. The lowest BCUT2D eigenvalue weighted by atomic mass is 10.1. The van der Waals surface area contributed by atoms with E-state index in [4.69, 9.17) is 0 Å². The van der Waals surface area contributed by atoms with Crippen molar-refractivity contribution in [3.63, 3.8) is 0 Å². The van der Waals surface area contributed by atoms with E-state index in [1.165, 1.54) is 22.3 Å². The topological polar surface area (TPSA) is 59.8 Å². The molecule has 130 valence electrons. The van der Waals surface area contributed by atoms with Crippen molar-refractivity contribution in [2.75, 3.05) is 5.32 Å². The van der Waals surface area contributed by atoms with Crippen LogP contribution in [0.15, 0.2) is 60.4 Å². The number of nitrogens with one attached hydrogen (secondary N) is 1. The summed E-state index contributed by atoms with van der Waals surface area (Å²) in [6.45, 7) is 2.74. The zero-order valence-corrected chi connectivity index (χ0v) is 15.2. The number of carbonyl (C=O) groups is 1. The van der Waals surface area contributed by atoms with Crippen molar-refractivity contribution in [1.29, 1.82) is 0 Å². The zero-order chi connectivity index (χ0) is 17.9. The first-order valence-electron chi connectivity index (χ1n) is 8.41. The summed E-state index contributed by atoms with van der Waals surface area (Å²) in [6.07, 6.45) is 5.93. The highest BCUT2D eigenvalue weighted by atomic mass is 32.1. The van der Waals surface area contributed by atoms with Gasteiger partial charge in [0.2, 0.25) is 5.91 Å². The Hall–Kier alpha value is -2.99. The molecule has 0 fully saturated rings. The predicted molar refractivity (Wildman–Crippen MR) is 105 cm³/mol. The third-order valence-corrected chi connectivity index (χ3v) is 5.08. The summed E-state index contributed by atoms with van der Waals surface area (Å²) in [6, 6.07) is 12.2. The molecular formula is C20H18N4OS. The maximum Gasteiger partial charge on any atom is 0.227 e. The number of thiazole rings is 1. The van der Waals surface area contributed by atoms with Crippen molar-refractivity contribution < 1.29 is 4.79 Å². The number of nitrogens with zero attached hydrogens (tertiary/aromatic N) is 3. The Morgan fingerprint density at radius 3 is 3.00 bits per heavy atom. The monoisotopic (exact) mass is 362 g/mol. The first-order valence-corrected chi connectivity index (χ1v) is 9.29. The molecule has 0 saturated heterocycles. The Labute approximate surface area is 155 Å². The highest BCUT2D eigenvalue weighted by molar-refractivity contribution is 7.14. The van der Waals surface area contributed by atoms with Crippen LogP contribution in [0.1, 0.15) is 12.0 Å². The van der Waals surface area contributed by atoms with Gasteiger partial charge in [0, 0.05) is 53.4 Å². The van der Waals surface area contributed by atoms with Gasteiger partial charge in [-0.3, -0.25) is 9.78 Å². The second kappa shape index (κ2) is 7.09. The van der Waals surface area contributed by atoms with Crippen molar-refractivity contribution in [3.05, 3.63) is 65.9 Å². The third-order valence-electron chi connectivity index (χ3n) is 4.32. The largest absolute Gasteiger partial charge is 0.347 e. The molecule has 0 unspecified atom stereocenters. The molecule has 4 aromatic rings. The van der Waals surface area contributed by atoms with E-state index in [1.54, 1.807) is 12.4 Å². The van der Waals surface area contributed by atoms with Crippen molar-refractivity contribution in [2.45, 2.75) is 19.9 Å². The Morgan fingerprint density at radius 2 is 2.15 bits per heavy atom. The number of benzene rings is 1. The number of anilines is 1. The quantitative estimate of drug-likeness (QED) is 0.569. The van der Waals surface area contributed by atoms with E-state index in [-0.39, 0.29) is 5.91 Å². The van der Waals surface area contributed by atoms with Gasteiger partial charge in [-0.1, -0.05) is 12.1 Å². The number of aryl methyl sites for hydroxylation is 2. The molecule has 4 rings (SSSR count). The highest BCUT2D eigenvalue weighted by Crippen LogP contribution is 2.24. The van der Waals surface area contributed by atoms with E-state index in [2.05, 4.69) is 45.0 Å². The second-order valence-corrected chi connectivity index (χ2v) is 6.95. The van der Waals surface area contributed by atoms with Crippen molar-refractivity contribution in [1.82, 2.24) is 14.5 Å². The summed E-state index contributed by atoms with van der Waals surface area (Å²) in [7, 11) is 0. The van der Waals surface area contributed by atoms with Crippen molar-refractivity contribution in [3.8, 4) is 11.3 Å². The van der Waals surface area contributed by atoms with E-state index in [0.29, 0.717) is 18.1 Å². The molecule has 5 nitrogen and oxygen atoms in total. The SMILES string of the molecule is Cc1cccc2c1ccn2CCC(=O)Nc1nc(-c2cccnc2)cs1. The number of pyridine rings is 1. The number of aromatic nitrogens is 3. The minimum Gasteiger partial charge on any atom is -0.347 e. The lowest BCUT2D eigenvalue weighted by Gasteiger charge is -2.06. The van der Waals surface area contributed by atoms with Crippen LogP contribution in [0, 0.1) is 6.92 Å². The van der Waals surface area contributed by atoms with Crippen LogP contribution in [0.5, 0.6) is 0 Å². The van der Waals surface area contributed by atoms with Gasteiger partial charge < -0.3 is 9.88 Å². The number of amides is 1. The highest BCUT2D eigenvalue weighted by Gasteiger charge is 2.09. The molecule has 6 heteroatoms. The molecule has 3 aromatic heterocycles. The molecule has 3 heterocycles. The molecule has 0 saturated carbocycles. The maximum absolute atomic E-state index is 12.3. The van der Waals surface area contributed by atoms with Gasteiger partial charge in [-0.25, -0.2) is 4.98 Å². The predicted octanol–water partition coefficient (Wildman–Crippen LogP) is 4.50. The van der Waals surface area contributed by atoms with Gasteiger partial charge in [0.1, 0.15) is 0 Å². The Morgan fingerprint density at radius 1 is 1.23 bits per heavy atom. The van der Waals surface area contributed by atoms with Crippen molar-refractivity contribution >= 4 is 33.3 Å². The molecule has 0 spiro atoms. The lowest BCUT2D eigenvalue weighted by Crippen LogP contribution is -2.14. The van der Waals surface area contributed by atoms with Gasteiger partial charge in [0.05, 0.1) is 5.69 Å². The molecule has 1 aromatic carbocycles. The second-order valence-electron chi connectivity index (χ2n) is 6.09. The molecule has 0 aliphatic carbocycles. The van der Waals surface area contributed by atoms with Gasteiger partial charge in [-0.15, -0.1) is 11.3 Å².